The molecule has 1 N–H and O–H groups in total. The van der Waals surface area contributed by atoms with Crippen LogP contribution >= 0.6 is 0 Å². The summed E-state index contributed by atoms with van der Waals surface area (Å²) in [6.07, 6.45) is 6.89. The predicted octanol–water partition coefficient (Wildman–Crippen LogP) is 6.79. The summed E-state index contributed by atoms with van der Waals surface area (Å²) < 4.78 is 11.3. The second-order valence-corrected chi connectivity index (χ2v) is 11.3. The second-order valence-electron chi connectivity index (χ2n) is 11.3. The average Bonchev–Trinajstić information content (AvgIpc) is 3.52. The van der Waals surface area contributed by atoms with Crippen molar-refractivity contribution in [1.82, 2.24) is 0 Å². The first-order valence-corrected chi connectivity index (χ1v) is 13.9. The smallest absolute Gasteiger partial charge is 0.306 e. The van der Waals surface area contributed by atoms with Gasteiger partial charge in [-0.3, -0.25) is 4.79 Å². The van der Waals surface area contributed by atoms with Crippen LogP contribution in [-0.2, 0) is 14.9 Å². The molecule has 4 heteroatoms. The molecule has 198 valence electrons. The Morgan fingerprint density at radius 3 is 2.30 bits per heavy atom. The number of cyclic esters (lactones) is 1. The molecule has 1 aliphatic heterocycles. The Labute approximate surface area is 222 Å². The number of rotatable bonds is 8. The van der Waals surface area contributed by atoms with E-state index < -0.39 is 6.10 Å². The zero-order valence-corrected chi connectivity index (χ0v) is 23.2. The summed E-state index contributed by atoms with van der Waals surface area (Å²) in [7, 11) is 0. The van der Waals surface area contributed by atoms with Crippen molar-refractivity contribution in [2.45, 2.75) is 104 Å². The number of aryl methyl sites for hydroxylation is 2. The molecule has 2 aromatic carbocycles. The molecule has 2 atom stereocenters. The second kappa shape index (κ2) is 11.3. The van der Waals surface area contributed by atoms with Gasteiger partial charge in [-0.2, -0.15) is 0 Å². The van der Waals surface area contributed by atoms with E-state index in [9.17, 15) is 9.90 Å². The van der Waals surface area contributed by atoms with Crippen LogP contribution in [0.25, 0.3) is 0 Å². The number of carbonyl (C=O) groups excluding carboxylic acids is 1. The lowest BCUT2D eigenvalue weighted by atomic mass is 9.70. The van der Waals surface area contributed by atoms with Gasteiger partial charge in [0.1, 0.15) is 24.6 Å². The molecule has 0 amide bonds. The minimum Gasteiger partial charge on any atom is -0.489 e. The third kappa shape index (κ3) is 5.73. The third-order valence-electron chi connectivity index (χ3n) is 8.86. The highest BCUT2D eigenvalue weighted by Gasteiger charge is 2.35. The number of hydrogen-bond donors (Lipinski definition) is 1. The summed E-state index contributed by atoms with van der Waals surface area (Å²) in [5.41, 5.74) is 5.59. The Bertz CT molecular complexity index is 1170. The summed E-state index contributed by atoms with van der Waals surface area (Å²) in [6, 6.07) is 13.1. The Balaban J connectivity index is 1.55. The molecule has 1 saturated carbocycles. The number of esters is 1. The summed E-state index contributed by atoms with van der Waals surface area (Å²) in [4.78, 5) is 11.4. The fraction of sp³-hybridized carbons (Fsp3) is 0.545. The fourth-order valence-corrected chi connectivity index (χ4v) is 6.10. The van der Waals surface area contributed by atoms with Crippen LogP contribution in [0.4, 0.5) is 0 Å². The van der Waals surface area contributed by atoms with Gasteiger partial charge in [0, 0.05) is 22.8 Å². The predicted molar refractivity (Wildman–Crippen MR) is 148 cm³/mol. The van der Waals surface area contributed by atoms with E-state index >= 15 is 0 Å². The minimum atomic E-state index is -0.580. The van der Waals surface area contributed by atoms with Gasteiger partial charge in [-0.25, -0.2) is 0 Å². The van der Waals surface area contributed by atoms with Crippen LogP contribution in [0.15, 0.2) is 36.4 Å². The monoisotopic (exact) mass is 502 g/mol. The molecule has 1 heterocycles. The van der Waals surface area contributed by atoms with E-state index in [4.69, 9.17) is 9.47 Å². The van der Waals surface area contributed by atoms with E-state index in [1.807, 2.05) is 0 Å². The zero-order valence-electron chi connectivity index (χ0n) is 23.2. The van der Waals surface area contributed by atoms with Gasteiger partial charge >= 0.3 is 5.97 Å². The van der Waals surface area contributed by atoms with Crippen molar-refractivity contribution in [1.29, 1.82) is 0 Å². The molecule has 2 fully saturated rings. The first-order valence-electron chi connectivity index (χ1n) is 13.9. The van der Waals surface area contributed by atoms with Gasteiger partial charge in [-0.15, -0.1) is 0 Å². The number of hydrogen-bond acceptors (Lipinski definition) is 4. The maximum absolute atomic E-state index is 11.4. The van der Waals surface area contributed by atoms with Gasteiger partial charge in [0.05, 0.1) is 0 Å². The number of benzene rings is 2. The Morgan fingerprint density at radius 1 is 1.08 bits per heavy atom. The van der Waals surface area contributed by atoms with Gasteiger partial charge in [-0.05, 0) is 80.3 Å². The summed E-state index contributed by atoms with van der Waals surface area (Å²) in [5.74, 6) is 7.13. The lowest BCUT2D eigenvalue weighted by molar-refractivity contribution is -0.142. The van der Waals surface area contributed by atoms with Crippen molar-refractivity contribution < 1.29 is 19.4 Å². The van der Waals surface area contributed by atoms with Crippen molar-refractivity contribution in [2.24, 2.45) is 5.41 Å². The van der Waals surface area contributed by atoms with E-state index in [0.29, 0.717) is 13.0 Å². The van der Waals surface area contributed by atoms with E-state index in [0.717, 1.165) is 54.5 Å². The summed E-state index contributed by atoms with van der Waals surface area (Å²) in [6.45, 7) is 11.3. The minimum absolute atomic E-state index is 0.0737. The third-order valence-corrected chi connectivity index (χ3v) is 8.86. The highest BCUT2D eigenvalue weighted by atomic mass is 16.6. The number of ether oxygens (including phenoxy) is 2. The van der Waals surface area contributed by atoms with E-state index in [1.54, 1.807) is 0 Å². The maximum Gasteiger partial charge on any atom is 0.306 e. The van der Waals surface area contributed by atoms with Gasteiger partial charge in [0.15, 0.2) is 0 Å². The molecule has 1 aliphatic carbocycles. The highest BCUT2D eigenvalue weighted by Crippen LogP contribution is 2.42. The van der Waals surface area contributed by atoms with Crippen molar-refractivity contribution in [2.75, 3.05) is 6.61 Å². The van der Waals surface area contributed by atoms with Gasteiger partial charge < -0.3 is 14.6 Å². The number of carbonyl (C=O) groups is 1. The molecule has 1 saturated heterocycles. The summed E-state index contributed by atoms with van der Waals surface area (Å²) in [5, 5.41) is 10.7. The van der Waals surface area contributed by atoms with Gasteiger partial charge in [0.25, 0.3) is 0 Å². The first-order chi connectivity index (χ1) is 17.7. The number of aliphatic hydroxyl groups is 1. The Hall–Kier alpha value is -2.77. The molecule has 4 rings (SSSR count). The number of aliphatic hydroxyl groups excluding tert-OH is 1. The molecule has 0 aromatic heterocycles. The average molecular weight is 503 g/mol. The molecule has 1 unspecified atom stereocenters. The molecular formula is C33H42O4. The van der Waals surface area contributed by atoms with Crippen LogP contribution in [0.5, 0.6) is 5.75 Å². The van der Waals surface area contributed by atoms with Gasteiger partial charge in [0.2, 0.25) is 0 Å². The molecule has 2 aliphatic rings. The van der Waals surface area contributed by atoms with Crippen molar-refractivity contribution in [3.05, 3.63) is 64.2 Å². The molecule has 2 aromatic rings. The lowest BCUT2D eigenvalue weighted by Crippen LogP contribution is -2.28. The van der Waals surface area contributed by atoms with Gasteiger partial charge in [-0.1, -0.05) is 69.7 Å². The topological polar surface area (TPSA) is 55.8 Å². The Kier molecular flexibility index (Phi) is 8.34. The standard InChI is InChI=1S/C33H42O4/c1-6-33(7-2,27-13-15-29(24(4)21-27)36-22-28-14-17-31(35)37-28)26-12-10-25(23(3)20-26)11-16-30(34)32(5)18-8-9-19-32/h10,12-13,15,20-21,28,30,34H,6-9,14,17-19,22H2,1-5H3/t28-,30?/m1/s1. The van der Waals surface area contributed by atoms with Crippen molar-refractivity contribution in [3.8, 4) is 17.6 Å². The summed E-state index contributed by atoms with van der Waals surface area (Å²) >= 11 is 0. The normalized spacial score (nSPS) is 19.7. The molecule has 37 heavy (non-hydrogen) atoms. The van der Waals surface area contributed by atoms with Crippen LogP contribution in [0.2, 0.25) is 0 Å². The van der Waals surface area contributed by atoms with Crippen LogP contribution in [0.3, 0.4) is 0 Å². The SMILES string of the molecule is CCC(CC)(c1ccc(C#CC(O)C2(C)CCCC2)c(C)c1)c1ccc(OC[C@H]2CCC(=O)O2)c(C)c1. The zero-order chi connectivity index (χ0) is 26.6. The van der Waals surface area contributed by atoms with E-state index in [2.05, 4.69) is 82.9 Å². The molecule has 4 nitrogen and oxygen atoms in total. The fourth-order valence-electron chi connectivity index (χ4n) is 6.10. The van der Waals surface area contributed by atoms with Crippen molar-refractivity contribution in [3.63, 3.8) is 0 Å². The Morgan fingerprint density at radius 2 is 1.73 bits per heavy atom. The van der Waals surface area contributed by atoms with Crippen LogP contribution in [0.1, 0.15) is 100.0 Å². The largest absolute Gasteiger partial charge is 0.489 e. The maximum atomic E-state index is 11.4. The van der Waals surface area contributed by atoms with Crippen molar-refractivity contribution >= 4 is 5.97 Å². The lowest BCUT2D eigenvalue weighted by Gasteiger charge is -2.34. The quantitative estimate of drug-likeness (QED) is 0.319. The molecular weight excluding hydrogens is 460 g/mol. The molecule has 0 bridgehead atoms. The van der Waals surface area contributed by atoms with E-state index in [-0.39, 0.29) is 22.9 Å². The highest BCUT2D eigenvalue weighted by molar-refractivity contribution is 5.71. The first kappa shape index (κ1) is 27.3. The van der Waals surface area contributed by atoms with Crippen LogP contribution in [0, 0.1) is 31.1 Å². The molecule has 0 spiro atoms. The van der Waals surface area contributed by atoms with Crippen LogP contribution in [-0.4, -0.2) is 29.9 Å². The van der Waals surface area contributed by atoms with E-state index in [1.165, 1.54) is 24.0 Å². The van der Waals surface area contributed by atoms with Crippen LogP contribution < -0.4 is 4.74 Å². The molecule has 0 radical (unpaired) electrons.